The molecule has 0 spiro atoms. The van der Waals surface area contributed by atoms with Gasteiger partial charge in [0.05, 0.1) is 29.0 Å². The molecule has 2 aromatic carbocycles. The number of aryl methyl sites for hydroxylation is 2. The third-order valence-corrected chi connectivity index (χ3v) is 5.13. The van der Waals surface area contributed by atoms with Crippen LogP contribution in [-0.4, -0.2) is 9.97 Å². The van der Waals surface area contributed by atoms with E-state index in [1.807, 2.05) is 13.8 Å². The third kappa shape index (κ3) is 4.24. The Morgan fingerprint density at radius 2 is 1.72 bits per heavy atom. The molecule has 0 aliphatic heterocycles. The molecule has 1 N–H and O–H groups in total. The molecule has 1 aromatic heterocycles. The molecule has 140 valence electrons. The lowest BCUT2D eigenvalue weighted by Crippen LogP contribution is -2.09. The Balaban J connectivity index is 2.00. The Morgan fingerprint density at radius 3 is 2.34 bits per heavy atom. The molecular weight excluding hydrogens is 428 g/mol. The second-order valence-corrected chi connectivity index (χ2v) is 7.29. The molecular formula is C22H15BrN6. The van der Waals surface area contributed by atoms with Gasteiger partial charge in [0.2, 0.25) is 5.95 Å². The van der Waals surface area contributed by atoms with Crippen LogP contribution >= 0.6 is 15.9 Å². The number of hydrogen-bond acceptors (Lipinski definition) is 6. The van der Waals surface area contributed by atoms with E-state index < -0.39 is 5.92 Å². The summed E-state index contributed by atoms with van der Waals surface area (Å²) >= 11 is 3.40. The first-order valence-electron chi connectivity index (χ1n) is 8.67. The van der Waals surface area contributed by atoms with Crippen molar-refractivity contribution in [1.82, 2.24) is 9.97 Å². The van der Waals surface area contributed by atoms with Crippen molar-refractivity contribution in [2.45, 2.75) is 19.8 Å². The summed E-state index contributed by atoms with van der Waals surface area (Å²) in [6.45, 7) is 3.73. The highest BCUT2D eigenvalue weighted by molar-refractivity contribution is 9.10. The average molecular weight is 443 g/mol. The first-order valence-corrected chi connectivity index (χ1v) is 9.46. The van der Waals surface area contributed by atoms with Crippen molar-refractivity contribution in [2.24, 2.45) is 0 Å². The van der Waals surface area contributed by atoms with E-state index in [4.69, 9.17) is 5.26 Å². The van der Waals surface area contributed by atoms with Gasteiger partial charge in [-0.1, -0.05) is 0 Å². The van der Waals surface area contributed by atoms with Crippen LogP contribution in [0.5, 0.6) is 0 Å². The molecule has 0 saturated heterocycles. The predicted octanol–water partition coefficient (Wildman–Crippen LogP) is 5.00. The second kappa shape index (κ2) is 8.52. The molecule has 0 saturated carbocycles. The van der Waals surface area contributed by atoms with Crippen molar-refractivity contribution in [3.8, 4) is 18.2 Å². The smallest absolute Gasteiger partial charge is 0.227 e. The summed E-state index contributed by atoms with van der Waals surface area (Å²) in [6, 6.07) is 17.0. The van der Waals surface area contributed by atoms with Crippen LogP contribution in [0.3, 0.4) is 0 Å². The van der Waals surface area contributed by atoms with Crippen LogP contribution in [0.25, 0.3) is 0 Å². The fourth-order valence-corrected chi connectivity index (χ4v) is 3.39. The monoisotopic (exact) mass is 442 g/mol. The number of nitrogens with zero attached hydrogens (tertiary/aromatic N) is 5. The SMILES string of the molecule is Cc1cc(C#N)c(Br)cc1C(C#N)c1nc(Nc2ccc(C#N)cc2)ncc1C. The van der Waals surface area contributed by atoms with Gasteiger partial charge >= 0.3 is 0 Å². The van der Waals surface area contributed by atoms with Crippen molar-refractivity contribution in [3.05, 3.63) is 80.6 Å². The van der Waals surface area contributed by atoms with Crippen LogP contribution in [0.1, 0.15) is 39.4 Å². The summed E-state index contributed by atoms with van der Waals surface area (Å²) in [7, 11) is 0. The van der Waals surface area contributed by atoms with E-state index in [2.05, 4.69) is 49.4 Å². The molecule has 1 unspecified atom stereocenters. The van der Waals surface area contributed by atoms with Gasteiger partial charge in [-0.05, 0) is 82.9 Å². The maximum Gasteiger partial charge on any atom is 0.227 e. The zero-order chi connectivity index (χ0) is 21.0. The van der Waals surface area contributed by atoms with E-state index >= 15 is 0 Å². The third-order valence-electron chi connectivity index (χ3n) is 4.47. The summed E-state index contributed by atoms with van der Waals surface area (Å²) in [5, 5.41) is 31.1. The van der Waals surface area contributed by atoms with Crippen molar-refractivity contribution in [1.29, 1.82) is 15.8 Å². The number of nitriles is 3. The van der Waals surface area contributed by atoms with Crippen LogP contribution in [0.15, 0.2) is 47.1 Å². The summed E-state index contributed by atoms with van der Waals surface area (Å²) in [5.41, 5.74) is 4.84. The molecule has 3 aromatic rings. The van der Waals surface area contributed by atoms with Crippen LogP contribution in [0, 0.1) is 47.8 Å². The summed E-state index contributed by atoms with van der Waals surface area (Å²) in [6.07, 6.45) is 1.67. The summed E-state index contributed by atoms with van der Waals surface area (Å²) in [4.78, 5) is 8.89. The first kappa shape index (κ1) is 20.0. The van der Waals surface area contributed by atoms with Crippen LogP contribution in [0.4, 0.5) is 11.6 Å². The molecule has 0 bridgehead atoms. The number of hydrogen-bond donors (Lipinski definition) is 1. The highest BCUT2D eigenvalue weighted by Crippen LogP contribution is 2.32. The van der Waals surface area contributed by atoms with Crippen molar-refractivity contribution in [3.63, 3.8) is 0 Å². The average Bonchev–Trinajstić information content (AvgIpc) is 2.73. The fourth-order valence-electron chi connectivity index (χ4n) is 2.94. The maximum atomic E-state index is 9.90. The zero-order valence-electron chi connectivity index (χ0n) is 15.7. The van der Waals surface area contributed by atoms with Gasteiger partial charge in [0.25, 0.3) is 0 Å². The van der Waals surface area contributed by atoms with E-state index in [0.29, 0.717) is 27.2 Å². The largest absolute Gasteiger partial charge is 0.324 e. The van der Waals surface area contributed by atoms with Gasteiger partial charge in [-0.25, -0.2) is 9.97 Å². The fraction of sp³-hybridized carbons (Fsp3) is 0.136. The Hall–Kier alpha value is -3.73. The van der Waals surface area contributed by atoms with Crippen LogP contribution in [0.2, 0.25) is 0 Å². The lowest BCUT2D eigenvalue weighted by atomic mass is 9.90. The summed E-state index contributed by atoms with van der Waals surface area (Å²) in [5.74, 6) is -0.246. The minimum atomic E-state index is -0.608. The second-order valence-electron chi connectivity index (χ2n) is 6.44. The number of benzene rings is 2. The standard InChI is InChI=1S/C22H15BrN6/c1-13-7-16(10-25)20(23)8-18(13)19(11-26)21-14(2)12-27-22(29-21)28-17-5-3-15(9-24)4-6-17/h3-8,12,19H,1-2H3,(H,27,28,29). The Bertz CT molecular complexity index is 1200. The molecule has 0 radical (unpaired) electrons. The normalized spacial score (nSPS) is 11.0. The highest BCUT2D eigenvalue weighted by Gasteiger charge is 2.22. The minimum absolute atomic E-state index is 0.362. The first-order chi connectivity index (χ1) is 14.0. The molecule has 0 aliphatic rings. The molecule has 0 fully saturated rings. The highest BCUT2D eigenvalue weighted by atomic mass is 79.9. The molecule has 6 nitrogen and oxygen atoms in total. The molecule has 1 heterocycles. The van der Waals surface area contributed by atoms with E-state index in [1.165, 1.54) is 0 Å². The van der Waals surface area contributed by atoms with Gasteiger partial charge in [0.15, 0.2) is 0 Å². The minimum Gasteiger partial charge on any atom is -0.324 e. The maximum absolute atomic E-state index is 9.90. The number of nitrogens with one attached hydrogen (secondary N) is 1. The van der Waals surface area contributed by atoms with Crippen molar-refractivity contribution >= 4 is 27.6 Å². The topological polar surface area (TPSA) is 109 Å². The predicted molar refractivity (Wildman–Crippen MR) is 112 cm³/mol. The van der Waals surface area contributed by atoms with Crippen LogP contribution < -0.4 is 5.32 Å². The molecule has 3 rings (SSSR count). The Kier molecular flexibility index (Phi) is 5.88. The Labute approximate surface area is 177 Å². The zero-order valence-corrected chi connectivity index (χ0v) is 17.3. The van der Waals surface area contributed by atoms with E-state index in [0.717, 1.165) is 22.4 Å². The lowest BCUT2D eigenvalue weighted by Gasteiger charge is -2.16. The van der Waals surface area contributed by atoms with Gasteiger partial charge in [0, 0.05) is 16.4 Å². The lowest BCUT2D eigenvalue weighted by molar-refractivity contribution is 0.917. The van der Waals surface area contributed by atoms with E-state index in [-0.39, 0.29) is 0 Å². The van der Waals surface area contributed by atoms with Crippen molar-refractivity contribution in [2.75, 3.05) is 5.32 Å². The molecule has 29 heavy (non-hydrogen) atoms. The van der Waals surface area contributed by atoms with E-state index in [9.17, 15) is 10.5 Å². The van der Waals surface area contributed by atoms with Gasteiger partial charge in [0.1, 0.15) is 12.0 Å². The summed E-state index contributed by atoms with van der Waals surface area (Å²) < 4.78 is 0.642. The quantitative estimate of drug-likeness (QED) is 0.608. The number of halogens is 1. The van der Waals surface area contributed by atoms with Gasteiger partial charge in [-0.2, -0.15) is 15.8 Å². The molecule has 7 heteroatoms. The molecule has 1 atom stereocenters. The number of aromatic nitrogens is 2. The van der Waals surface area contributed by atoms with Crippen molar-refractivity contribution < 1.29 is 0 Å². The van der Waals surface area contributed by atoms with Crippen LogP contribution in [-0.2, 0) is 0 Å². The number of anilines is 2. The van der Waals surface area contributed by atoms with Gasteiger partial charge < -0.3 is 5.32 Å². The van der Waals surface area contributed by atoms with E-state index in [1.54, 1.807) is 42.6 Å². The Morgan fingerprint density at radius 1 is 1.00 bits per heavy atom. The van der Waals surface area contributed by atoms with Gasteiger partial charge in [-0.15, -0.1) is 0 Å². The van der Waals surface area contributed by atoms with Gasteiger partial charge in [-0.3, -0.25) is 0 Å². The molecule has 0 amide bonds. The molecule has 0 aliphatic carbocycles. The number of rotatable bonds is 4.